The lowest BCUT2D eigenvalue weighted by molar-refractivity contribution is 0.276. The van der Waals surface area contributed by atoms with Crippen molar-refractivity contribution in [2.45, 2.75) is 6.61 Å². The van der Waals surface area contributed by atoms with Crippen LogP contribution in [0.2, 0.25) is 0 Å². The van der Waals surface area contributed by atoms with Crippen molar-refractivity contribution in [3.8, 4) is 5.69 Å². The van der Waals surface area contributed by atoms with Gasteiger partial charge in [0.05, 0.1) is 18.0 Å². The summed E-state index contributed by atoms with van der Waals surface area (Å²) in [6.07, 6.45) is 5.44. The molecular formula is C13H11N3O. The molecule has 0 bridgehead atoms. The van der Waals surface area contributed by atoms with E-state index in [1.54, 1.807) is 16.9 Å². The van der Waals surface area contributed by atoms with Gasteiger partial charge in [0.25, 0.3) is 0 Å². The van der Waals surface area contributed by atoms with Crippen LogP contribution in [0.5, 0.6) is 0 Å². The normalized spacial score (nSPS) is 10.9. The van der Waals surface area contributed by atoms with Crippen LogP contribution in [0, 0.1) is 0 Å². The van der Waals surface area contributed by atoms with Gasteiger partial charge >= 0.3 is 0 Å². The lowest BCUT2D eigenvalue weighted by Gasteiger charge is -2.05. The van der Waals surface area contributed by atoms with E-state index >= 15 is 0 Å². The maximum atomic E-state index is 9.02. The monoisotopic (exact) mass is 225 g/mol. The standard InChI is InChI=1S/C13H11N3O/c17-9-11-5-7-16(15-11)13-3-1-2-10-4-6-14-8-12(10)13/h1-8,17H,9H2. The molecule has 3 aromatic rings. The number of aliphatic hydroxyl groups excluding tert-OH is 1. The maximum Gasteiger partial charge on any atom is 0.0883 e. The zero-order chi connectivity index (χ0) is 11.7. The van der Waals surface area contributed by atoms with E-state index in [0.29, 0.717) is 5.69 Å². The minimum Gasteiger partial charge on any atom is -0.390 e. The molecule has 0 spiro atoms. The summed E-state index contributed by atoms with van der Waals surface area (Å²) in [5.74, 6) is 0. The van der Waals surface area contributed by atoms with Gasteiger partial charge in [-0.2, -0.15) is 5.10 Å². The van der Waals surface area contributed by atoms with Crippen molar-refractivity contribution in [2.24, 2.45) is 0 Å². The van der Waals surface area contributed by atoms with Crippen molar-refractivity contribution in [2.75, 3.05) is 0 Å². The van der Waals surface area contributed by atoms with E-state index in [1.807, 2.05) is 36.7 Å². The minimum atomic E-state index is -0.0456. The molecule has 17 heavy (non-hydrogen) atoms. The van der Waals surface area contributed by atoms with Crippen LogP contribution in [-0.4, -0.2) is 19.9 Å². The quantitative estimate of drug-likeness (QED) is 0.724. The molecule has 0 saturated carbocycles. The van der Waals surface area contributed by atoms with Gasteiger partial charge in [0.2, 0.25) is 0 Å². The van der Waals surface area contributed by atoms with E-state index in [1.165, 1.54) is 0 Å². The molecule has 4 heteroatoms. The Bertz CT molecular complexity index is 655. The smallest absolute Gasteiger partial charge is 0.0883 e. The van der Waals surface area contributed by atoms with Gasteiger partial charge in [-0.1, -0.05) is 12.1 Å². The number of aromatic nitrogens is 3. The molecule has 0 fully saturated rings. The van der Waals surface area contributed by atoms with Crippen LogP contribution in [-0.2, 0) is 6.61 Å². The third kappa shape index (κ3) is 1.68. The van der Waals surface area contributed by atoms with Crippen molar-refractivity contribution in [3.05, 3.63) is 54.6 Å². The van der Waals surface area contributed by atoms with E-state index in [0.717, 1.165) is 16.5 Å². The van der Waals surface area contributed by atoms with Crippen molar-refractivity contribution in [1.29, 1.82) is 0 Å². The second kappa shape index (κ2) is 3.99. The summed E-state index contributed by atoms with van der Waals surface area (Å²) in [6, 6.07) is 9.78. The van der Waals surface area contributed by atoms with E-state index in [-0.39, 0.29) is 6.61 Å². The van der Waals surface area contributed by atoms with E-state index in [9.17, 15) is 0 Å². The van der Waals surface area contributed by atoms with Gasteiger partial charge in [-0.15, -0.1) is 0 Å². The first-order valence-corrected chi connectivity index (χ1v) is 5.37. The highest BCUT2D eigenvalue weighted by Crippen LogP contribution is 2.20. The summed E-state index contributed by atoms with van der Waals surface area (Å²) >= 11 is 0. The van der Waals surface area contributed by atoms with Crippen LogP contribution in [0.25, 0.3) is 16.5 Å². The number of rotatable bonds is 2. The Morgan fingerprint density at radius 1 is 1.18 bits per heavy atom. The molecule has 3 rings (SSSR count). The first kappa shape index (κ1) is 9.99. The Morgan fingerprint density at radius 2 is 2.12 bits per heavy atom. The van der Waals surface area contributed by atoms with Crippen LogP contribution < -0.4 is 0 Å². The number of benzene rings is 1. The molecule has 2 heterocycles. The number of hydrogen-bond acceptors (Lipinski definition) is 3. The fraction of sp³-hybridized carbons (Fsp3) is 0.0769. The molecule has 0 unspecified atom stereocenters. The Hall–Kier alpha value is -2.20. The van der Waals surface area contributed by atoms with E-state index in [4.69, 9.17) is 5.11 Å². The lowest BCUT2D eigenvalue weighted by Crippen LogP contribution is -1.97. The van der Waals surface area contributed by atoms with Crippen LogP contribution >= 0.6 is 0 Å². The van der Waals surface area contributed by atoms with Crippen LogP contribution in [0.1, 0.15) is 5.69 Å². The molecule has 0 saturated heterocycles. The Labute approximate surface area is 98.2 Å². The number of nitrogens with zero attached hydrogens (tertiary/aromatic N) is 3. The predicted molar refractivity (Wildman–Crippen MR) is 64.8 cm³/mol. The van der Waals surface area contributed by atoms with E-state index in [2.05, 4.69) is 10.1 Å². The SMILES string of the molecule is OCc1ccn(-c2cccc3ccncc23)n1. The van der Waals surface area contributed by atoms with Crippen molar-refractivity contribution < 1.29 is 5.11 Å². The molecule has 0 atom stereocenters. The molecule has 0 aliphatic carbocycles. The third-order valence-corrected chi connectivity index (χ3v) is 2.71. The highest BCUT2D eigenvalue weighted by molar-refractivity contribution is 5.89. The fourth-order valence-corrected chi connectivity index (χ4v) is 1.88. The minimum absolute atomic E-state index is 0.0456. The first-order chi connectivity index (χ1) is 8.38. The summed E-state index contributed by atoms with van der Waals surface area (Å²) < 4.78 is 1.76. The maximum absolute atomic E-state index is 9.02. The molecule has 4 nitrogen and oxygen atoms in total. The first-order valence-electron chi connectivity index (χ1n) is 5.37. The topological polar surface area (TPSA) is 50.9 Å². The van der Waals surface area contributed by atoms with Crippen LogP contribution in [0.15, 0.2) is 48.9 Å². The third-order valence-electron chi connectivity index (χ3n) is 2.71. The summed E-state index contributed by atoms with van der Waals surface area (Å²) in [4.78, 5) is 4.14. The number of fused-ring (bicyclic) bond motifs is 1. The molecule has 2 aromatic heterocycles. The highest BCUT2D eigenvalue weighted by atomic mass is 16.3. The second-order valence-corrected chi connectivity index (χ2v) is 3.78. The number of pyridine rings is 1. The summed E-state index contributed by atoms with van der Waals surface area (Å²) in [5.41, 5.74) is 1.63. The molecule has 1 aromatic carbocycles. The van der Waals surface area contributed by atoms with Crippen molar-refractivity contribution in [1.82, 2.24) is 14.8 Å². The van der Waals surface area contributed by atoms with Gasteiger partial charge in [0, 0.05) is 24.0 Å². The molecule has 1 N–H and O–H groups in total. The van der Waals surface area contributed by atoms with Gasteiger partial charge in [0.15, 0.2) is 0 Å². The van der Waals surface area contributed by atoms with Crippen LogP contribution in [0.4, 0.5) is 0 Å². The van der Waals surface area contributed by atoms with Crippen molar-refractivity contribution in [3.63, 3.8) is 0 Å². The molecule has 0 amide bonds. The number of hydrogen-bond donors (Lipinski definition) is 1. The van der Waals surface area contributed by atoms with Gasteiger partial charge < -0.3 is 5.11 Å². The summed E-state index contributed by atoms with van der Waals surface area (Å²) in [6.45, 7) is -0.0456. The fourth-order valence-electron chi connectivity index (χ4n) is 1.88. The van der Waals surface area contributed by atoms with Gasteiger partial charge in [0.1, 0.15) is 0 Å². The molecule has 0 aliphatic rings. The Balaban J connectivity index is 2.23. The van der Waals surface area contributed by atoms with E-state index < -0.39 is 0 Å². The average Bonchev–Trinajstić information content (AvgIpc) is 2.87. The van der Waals surface area contributed by atoms with Gasteiger partial charge in [-0.05, 0) is 23.6 Å². The Kier molecular flexibility index (Phi) is 2.34. The summed E-state index contributed by atoms with van der Waals surface area (Å²) in [7, 11) is 0. The predicted octanol–water partition coefficient (Wildman–Crippen LogP) is 1.91. The summed E-state index contributed by atoms with van der Waals surface area (Å²) in [5, 5.41) is 15.5. The molecule has 0 radical (unpaired) electrons. The van der Waals surface area contributed by atoms with Gasteiger partial charge in [-0.25, -0.2) is 4.68 Å². The largest absolute Gasteiger partial charge is 0.390 e. The zero-order valence-corrected chi connectivity index (χ0v) is 9.11. The lowest BCUT2D eigenvalue weighted by atomic mass is 10.1. The van der Waals surface area contributed by atoms with Crippen LogP contribution in [0.3, 0.4) is 0 Å². The average molecular weight is 225 g/mol. The Morgan fingerprint density at radius 3 is 2.94 bits per heavy atom. The molecular weight excluding hydrogens is 214 g/mol. The molecule has 0 aliphatic heterocycles. The highest BCUT2D eigenvalue weighted by Gasteiger charge is 2.04. The van der Waals surface area contributed by atoms with Crippen molar-refractivity contribution >= 4 is 10.8 Å². The number of aliphatic hydroxyl groups is 1. The molecule has 84 valence electrons. The van der Waals surface area contributed by atoms with Gasteiger partial charge in [-0.3, -0.25) is 4.98 Å². The second-order valence-electron chi connectivity index (χ2n) is 3.78. The zero-order valence-electron chi connectivity index (χ0n) is 9.11.